The second-order valence-corrected chi connectivity index (χ2v) is 7.01. The summed E-state index contributed by atoms with van der Waals surface area (Å²) in [6.07, 6.45) is 7.99. The standard InChI is InChI=1S/C19H18F2N6/c20-12-5-13-14(7-24-17(13)23-6-12)18-25-8-15-16(21)10-27(19(15)26-18)9-11-1-3-22-4-2-11/h5-8,10-11,22H,1-4,9H2,(H,23,24). The van der Waals surface area contributed by atoms with E-state index in [0.717, 1.165) is 38.7 Å². The molecule has 0 aliphatic carbocycles. The molecule has 4 aromatic rings. The van der Waals surface area contributed by atoms with Crippen LogP contribution in [0.25, 0.3) is 33.5 Å². The van der Waals surface area contributed by atoms with E-state index in [0.29, 0.717) is 39.4 Å². The van der Waals surface area contributed by atoms with Crippen LogP contribution >= 0.6 is 0 Å². The third-order valence-electron chi connectivity index (χ3n) is 5.22. The summed E-state index contributed by atoms with van der Waals surface area (Å²) in [7, 11) is 0. The topological polar surface area (TPSA) is 71.4 Å². The van der Waals surface area contributed by atoms with Crippen LogP contribution in [0.1, 0.15) is 12.8 Å². The average molecular weight is 368 g/mol. The van der Waals surface area contributed by atoms with Gasteiger partial charge in [0.2, 0.25) is 0 Å². The highest BCUT2D eigenvalue weighted by molar-refractivity contribution is 5.92. The van der Waals surface area contributed by atoms with E-state index in [-0.39, 0.29) is 5.82 Å². The molecule has 2 N–H and O–H groups in total. The second kappa shape index (κ2) is 6.38. The highest BCUT2D eigenvalue weighted by atomic mass is 19.1. The van der Waals surface area contributed by atoms with Gasteiger partial charge in [0.1, 0.15) is 17.1 Å². The van der Waals surface area contributed by atoms with Crippen LogP contribution in [0.5, 0.6) is 0 Å². The summed E-state index contributed by atoms with van der Waals surface area (Å²) in [4.78, 5) is 15.9. The third kappa shape index (κ3) is 2.86. The van der Waals surface area contributed by atoms with E-state index in [9.17, 15) is 8.78 Å². The van der Waals surface area contributed by atoms with Gasteiger partial charge in [0.25, 0.3) is 0 Å². The molecule has 6 nitrogen and oxygen atoms in total. The number of aromatic amines is 1. The number of hydrogen-bond donors (Lipinski definition) is 2. The summed E-state index contributed by atoms with van der Waals surface area (Å²) in [6, 6.07) is 1.40. The highest BCUT2D eigenvalue weighted by Crippen LogP contribution is 2.28. The number of piperidine rings is 1. The van der Waals surface area contributed by atoms with E-state index in [1.807, 2.05) is 4.57 Å². The van der Waals surface area contributed by atoms with Crippen LogP contribution in [-0.2, 0) is 6.54 Å². The molecule has 0 saturated carbocycles. The van der Waals surface area contributed by atoms with E-state index >= 15 is 0 Å². The molecule has 1 saturated heterocycles. The first-order valence-corrected chi connectivity index (χ1v) is 9.04. The molecule has 1 aliphatic heterocycles. The molecule has 0 spiro atoms. The maximum absolute atomic E-state index is 14.4. The van der Waals surface area contributed by atoms with Crippen molar-refractivity contribution in [1.29, 1.82) is 0 Å². The van der Waals surface area contributed by atoms with Crippen molar-refractivity contribution in [2.75, 3.05) is 13.1 Å². The van der Waals surface area contributed by atoms with Gasteiger partial charge >= 0.3 is 0 Å². The molecule has 0 amide bonds. The Hall–Kier alpha value is -2.87. The van der Waals surface area contributed by atoms with Crippen molar-refractivity contribution in [1.82, 2.24) is 29.8 Å². The predicted octanol–water partition coefficient (Wildman–Crippen LogP) is 3.25. The van der Waals surface area contributed by atoms with Gasteiger partial charge in [-0.25, -0.2) is 23.7 Å². The van der Waals surface area contributed by atoms with Gasteiger partial charge in [-0.15, -0.1) is 0 Å². The largest absolute Gasteiger partial charge is 0.345 e. The fraction of sp³-hybridized carbons (Fsp3) is 0.316. The lowest BCUT2D eigenvalue weighted by Gasteiger charge is -2.23. The van der Waals surface area contributed by atoms with Gasteiger partial charge < -0.3 is 14.9 Å². The molecule has 0 aromatic carbocycles. The molecule has 1 aliphatic rings. The lowest BCUT2D eigenvalue weighted by molar-refractivity contribution is 0.335. The molecule has 0 radical (unpaired) electrons. The Morgan fingerprint density at radius 3 is 2.81 bits per heavy atom. The van der Waals surface area contributed by atoms with E-state index in [4.69, 9.17) is 0 Å². The zero-order valence-corrected chi connectivity index (χ0v) is 14.5. The van der Waals surface area contributed by atoms with E-state index in [1.54, 1.807) is 6.20 Å². The SMILES string of the molecule is Fc1cnc2[nH]cc(-c3ncc4c(F)cn(CC5CCNCC5)c4n3)c2c1. The van der Waals surface area contributed by atoms with Crippen molar-refractivity contribution >= 4 is 22.1 Å². The number of nitrogens with one attached hydrogen (secondary N) is 2. The lowest BCUT2D eigenvalue weighted by Crippen LogP contribution is -2.29. The highest BCUT2D eigenvalue weighted by Gasteiger charge is 2.19. The van der Waals surface area contributed by atoms with Gasteiger partial charge in [-0.2, -0.15) is 0 Å². The number of pyridine rings is 1. The number of nitrogens with zero attached hydrogens (tertiary/aromatic N) is 4. The molecular weight excluding hydrogens is 350 g/mol. The Bertz CT molecular complexity index is 1130. The zero-order chi connectivity index (χ0) is 18.4. The summed E-state index contributed by atoms with van der Waals surface area (Å²) < 4.78 is 29.9. The number of halogens is 2. The van der Waals surface area contributed by atoms with Crippen molar-refractivity contribution < 1.29 is 8.78 Å². The lowest BCUT2D eigenvalue weighted by atomic mass is 9.98. The van der Waals surface area contributed by atoms with Gasteiger partial charge in [-0.05, 0) is 37.9 Å². The van der Waals surface area contributed by atoms with Gasteiger partial charge in [-0.1, -0.05) is 0 Å². The van der Waals surface area contributed by atoms with Gasteiger partial charge in [0.15, 0.2) is 11.6 Å². The number of aromatic nitrogens is 5. The third-order valence-corrected chi connectivity index (χ3v) is 5.22. The fourth-order valence-corrected chi connectivity index (χ4v) is 3.80. The van der Waals surface area contributed by atoms with Crippen molar-refractivity contribution in [2.24, 2.45) is 5.92 Å². The van der Waals surface area contributed by atoms with Gasteiger partial charge in [0, 0.05) is 36.1 Å². The van der Waals surface area contributed by atoms with Gasteiger partial charge in [-0.3, -0.25) is 0 Å². The molecule has 138 valence electrons. The summed E-state index contributed by atoms with van der Waals surface area (Å²) in [5.74, 6) is 0.165. The van der Waals surface area contributed by atoms with Gasteiger partial charge in [0.05, 0.1) is 11.6 Å². The van der Waals surface area contributed by atoms with Crippen molar-refractivity contribution in [3.05, 3.63) is 42.5 Å². The zero-order valence-electron chi connectivity index (χ0n) is 14.5. The Kier molecular flexibility index (Phi) is 3.86. The molecule has 0 unspecified atom stereocenters. The van der Waals surface area contributed by atoms with Crippen molar-refractivity contribution in [3.8, 4) is 11.4 Å². The quantitative estimate of drug-likeness (QED) is 0.582. The molecule has 8 heteroatoms. The Labute approximate surface area is 153 Å². The summed E-state index contributed by atoms with van der Waals surface area (Å²) in [6.45, 7) is 2.70. The molecule has 0 bridgehead atoms. The van der Waals surface area contributed by atoms with Crippen molar-refractivity contribution in [2.45, 2.75) is 19.4 Å². The van der Waals surface area contributed by atoms with Crippen LogP contribution < -0.4 is 5.32 Å². The fourth-order valence-electron chi connectivity index (χ4n) is 3.80. The molecule has 5 rings (SSSR count). The maximum atomic E-state index is 14.4. The first kappa shape index (κ1) is 16.3. The average Bonchev–Trinajstić information content (AvgIpc) is 3.23. The molecule has 1 fully saturated rings. The Balaban J connectivity index is 1.59. The predicted molar refractivity (Wildman–Crippen MR) is 98.1 cm³/mol. The monoisotopic (exact) mass is 368 g/mol. The number of H-pyrrole nitrogens is 1. The number of hydrogen-bond acceptors (Lipinski definition) is 4. The second-order valence-electron chi connectivity index (χ2n) is 7.01. The summed E-state index contributed by atoms with van der Waals surface area (Å²) >= 11 is 0. The van der Waals surface area contributed by atoms with E-state index in [2.05, 4.69) is 25.3 Å². The minimum absolute atomic E-state index is 0.322. The van der Waals surface area contributed by atoms with E-state index < -0.39 is 5.82 Å². The molecule has 0 atom stereocenters. The van der Waals surface area contributed by atoms with Crippen LogP contribution in [0.4, 0.5) is 8.78 Å². The molecule has 4 aromatic heterocycles. The molecule has 27 heavy (non-hydrogen) atoms. The van der Waals surface area contributed by atoms with Crippen LogP contribution in [-0.4, -0.2) is 37.6 Å². The summed E-state index contributed by atoms with van der Waals surface area (Å²) in [5, 5.41) is 4.35. The molecule has 5 heterocycles. The van der Waals surface area contributed by atoms with E-state index in [1.165, 1.54) is 18.5 Å². The number of fused-ring (bicyclic) bond motifs is 2. The normalized spacial score (nSPS) is 15.8. The first-order valence-electron chi connectivity index (χ1n) is 9.04. The molecular formula is C19H18F2N6. The smallest absolute Gasteiger partial charge is 0.163 e. The minimum atomic E-state index is -0.426. The van der Waals surface area contributed by atoms with Crippen LogP contribution in [0.3, 0.4) is 0 Å². The van der Waals surface area contributed by atoms with Crippen LogP contribution in [0.15, 0.2) is 30.9 Å². The van der Waals surface area contributed by atoms with Crippen molar-refractivity contribution in [3.63, 3.8) is 0 Å². The Morgan fingerprint density at radius 2 is 1.96 bits per heavy atom. The summed E-state index contributed by atoms with van der Waals surface area (Å²) in [5.41, 5.74) is 1.77. The van der Waals surface area contributed by atoms with Crippen LogP contribution in [0.2, 0.25) is 0 Å². The Morgan fingerprint density at radius 1 is 1.11 bits per heavy atom. The van der Waals surface area contributed by atoms with Crippen LogP contribution in [0, 0.1) is 17.6 Å². The number of rotatable bonds is 3. The first-order chi connectivity index (χ1) is 13.2. The maximum Gasteiger partial charge on any atom is 0.163 e. The minimum Gasteiger partial charge on any atom is -0.345 e.